The Morgan fingerprint density at radius 2 is 1.92 bits per heavy atom. The Bertz CT molecular complexity index is 1180. The summed E-state index contributed by atoms with van der Waals surface area (Å²) >= 11 is 0. The van der Waals surface area contributed by atoms with Gasteiger partial charge in [-0.15, -0.1) is 0 Å². The van der Waals surface area contributed by atoms with Crippen molar-refractivity contribution in [2.45, 2.75) is 89.2 Å². The lowest BCUT2D eigenvalue weighted by atomic mass is 9.58. The Kier molecular flexibility index (Phi) is 5.56. The van der Waals surface area contributed by atoms with Crippen LogP contribution in [0.3, 0.4) is 0 Å². The zero-order chi connectivity index (χ0) is 25.5. The molecule has 5 nitrogen and oxygen atoms in total. The van der Waals surface area contributed by atoms with Gasteiger partial charge in [0.25, 0.3) is 0 Å². The van der Waals surface area contributed by atoms with E-state index in [1.54, 1.807) is 0 Å². The fraction of sp³-hybridized carbons (Fsp3) is 0.643. The molecule has 36 heavy (non-hydrogen) atoms. The van der Waals surface area contributed by atoms with Crippen LogP contribution in [-0.2, 0) is 27.7 Å². The van der Waals surface area contributed by atoms with E-state index in [1.807, 2.05) is 0 Å². The molecule has 2 aromatic heterocycles. The maximum Gasteiger partial charge on any atom is 0.417 e. The Hall–Kier alpha value is -2.03. The first-order valence-electron chi connectivity index (χ1n) is 13.1. The molecule has 2 aliphatic heterocycles. The standard InChI is InChI=1S/C28H33F3N2O3/c1-15(2)24-22-23(21-19(33-24)11-26(7-4-8-26)12-20(21)34)27(9-10-35-14-16(27)3)36-25(22)18-6-5-17(13-32-18)28(29,30)31/h5-6,13,15-16,20,25,34H,4,7-12,14H2,1-3H3. The number of aliphatic hydroxyl groups excluding tert-OH is 1. The molecule has 194 valence electrons. The number of aliphatic hydroxyl groups is 1. The van der Waals surface area contributed by atoms with Gasteiger partial charge in [-0.2, -0.15) is 13.2 Å². The Labute approximate surface area is 209 Å². The van der Waals surface area contributed by atoms with E-state index in [2.05, 4.69) is 25.8 Å². The fourth-order valence-corrected chi connectivity index (χ4v) is 7.01. The summed E-state index contributed by atoms with van der Waals surface area (Å²) in [6, 6.07) is 2.49. The van der Waals surface area contributed by atoms with Gasteiger partial charge in [-0.25, -0.2) is 0 Å². The van der Waals surface area contributed by atoms with Gasteiger partial charge < -0.3 is 14.6 Å². The van der Waals surface area contributed by atoms with Gasteiger partial charge in [-0.05, 0) is 54.7 Å². The Balaban J connectivity index is 1.57. The highest BCUT2D eigenvalue weighted by Crippen LogP contribution is 2.61. The number of pyridine rings is 2. The fourth-order valence-electron chi connectivity index (χ4n) is 7.01. The third-order valence-corrected chi connectivity index (χ3v) is 9.02. The summed E-state index contributed by atoms with van der Waals surface area (Å²) in [6.07, 6.45) is 0.755. The first kappa shape index (κ1) is 24.3. The molecule has 4 atom stereocenters. The molecule has 1 N–H and O–H groups in total. The number of ether oxygens (including phenoxy) is 2. The van der Waals surface area contributed by atoms with Crippen LogP contribution in [0.5, 0.6) is 0 Å². The molecule has 4 unspecified atom stereocenters. The topological polar surface area (TPSA) is 64.5 Å². The molecular weight excluding hydrogens is 469 g/mol. The Morgan fingerprint density at radius 1 is 1.14 bits per heavy atom. The van der Waals surface area contributed by atoms with E-state index in [-0.39, 0.29) is 17.3 Å². The lowest BCUT2D eigenvalue weighted by Crippen LogP contribution is -2.44. The highest BCUT2D eigenvalue weighted by atomic mass is 19.4. The van der Waals surface area contributed by atoms with E-state index in [1.165, 1.54) is 12.5 Å². The van der Waals surface area contributed by atoms with E-state index >= 15 is 0 Å². The quantitative estimate of drug-likeness (QED) is 0.535. The number of rotatable bonds is 2. The molecule has 1 saturated carbocycles. The number of alkyl halides is 3. The second-order valence-electron chi connectivity index (χ2n) is 11.6. The summed E-state index contributed by atoms with van der Waals surface area (Å²) in [6.45, 7) is 7.30. The second-order valence-corrected chi connectivity index (χ2v) is 11.6. The molecule has 4 heterocycles. The molecule has 0 amide bonds. The third-order valence-electron chi connectivity index (χ3n) is 9.02. The molecule has 0 aromatic carbocycles. The van der Waals surface area contributed by atoms with Gasteiger partial charge >= 0.3 is 6.18 Å². The largest absolute Gasteiger partial charge is 0.417 e. The summed E-state index contributed by atoms with van der Waals surface area (Å²) in [7, 11) is 0. The van der Waals surface area contributed by atoms with E-state index in [0.29, 0.717) is 25.3 Å². The van der Waals surface area contributed by atoms with E-state index in [4.69, 9.17) is 14.5 Å². The maximum absolute atomic E-state index is 13.2. The summed E-state index contributed by atoms with van der Waals surface area (Å²) in [5.41, 5.74) is 3.71. The number of hydrogen-bond donors (Lipinski definition) is 1. The zero-order valence-electron chi connectivity index (χ0n) is 21.0. The lowest BCUT2D eigenvalue weighted by Gasteiger charge is -2.48. The molecule has 2 spiro atoms. The number of nitrogens with zero attached hydrogens (tertiary/aromatic N) is 2. The minimum Gasteiger partial charge on any atom is -0.388 e. The maximum atomic E-state index is 13.2. The van der Waals surface area contributed by atoms with Crippen molar-refractivity contribution in [3.63, 3.8) is 0 Å². The molecule has 4 aliphatic rings. The average molecular weight is 503 g/mol. The molecule has 2 aromatic rings. The third kappa shape index (κ3) is 3.55. The first-order chi connectivity index (χ1) is 17.0. The van der Waals surface area contributed by atoms with Crippen LogP contribution in [0.25, 0.3) is 0 Å². The van der Waals surface area contributed by atoms with Gasteiger partial charge in [-0.1, -0.05) is 27.2 Å². The summed E-state index contributed by atoms with van der Waals surface area (Å²) < 4.78 is 52.4. The normalized spacial score (nSPS) is 30.9. The van der Waals surface area contributed by atoms with Gasteiger partial charge in [0.15, 0.2) is 0 Å². The lowest BCUT2D eigenvalue weighted by molar-refractivity contribution is -0.158. The molecule has 8 heteroatoms. The van der Waals surface area contributed by atoms with Crippen molar-refractivity contribution in [2.24, 2.45) is 11.3 Å². The Morgan fingerprint density at radius 3 is 2.50 bits per heavy atom. The molecule has 2 aliphatic carbocycles. The van der Waals surface area contributed by atoms with Crippen molar-refractivity contribution in [1.82, 2.24) is 9.97 Å². The summed E-state index contributed by atoms with van der Waals surface area (Å²) in [5.74, 6) is 0.0778. The zero-order valence-corrected chi connectivity index (χ0v) is 21.0. The molecule has 2 fully saturated rings. The van der Waals surface area contributed by atoms with Crippen LogP contribution < -0.4 is 0 Å². The van der Waals surface area contributed by atoms with Gasteiger partial charge in [0.05, 0.1) is 24.0 Å². The van der Waals surface area contributed by atoms with Crippen molar-refractivity contribution >= 4 is 0 Å². The van der Waals surface area contributed by atoms with Crippen LogP contribution in [0.2, 0.25) is 0 Å². The van der Waals surface area contributed by atoms with Crippen LogP contribution in [0.4, 0.5) is 13.2 Å². The predicted octanol–water partition coefficient (Wildman–Crippen LogP) is 6.14. The molecule has 1 saturated heterocycles. The monoisotopic (exact) mass is 502 g/mol. The van der Waals surface area contributed by atoms with Crippen molar-refractivity contribution in [3.05, 3.63) is 57.7 Å². The number of aromatic nitrogens is 2. The molecule has 0 bridgehead atoms. The highest BCUT2D eigenvalue weighted by Gasteiger charge is 2.56. The summed E-state index contributed by atoms with van der Waals surface area (Å²) in [5, 5.41) is 11.6. The molecular formula is C28H33F3N2O3. The van der Waals surface area contributed by atoms with Crippen LogP contribution >= 0.6 is 0 Å². The van der Waals surface area contributed by atoms with Gasteiger partial charge in [0, 0.05) is 47.7 Å². The number of halogens is 3. The van der Waals surface area contributed by atoms with Crippen molar-refractivity contribution in [2.75, 3.05) is 13.2 Å². The minimum atomic E-state index is -4.46. The highest BCUT2D eigenvalue weighted by molar-refractivity contribution is 5.54. The predicted molar refractivity (Wildman–Crippen MR) is 126 cm³/mol. The van der Waals surface area contributed by atoms with Crippen molar-refractivity contribution < 1.29 is 27.8 Å². The van der Waals surface area contributed by atoms with Crippen LogP contribution in [-0.4, -0.2) is 28.3 Å². The van der Waals surface area contributed by atoms with Crippen molar-refractivity contribution in [3.8, 4) is 0 Å². The van der Waals surface area contributed by atoms with Crippen molar-refractivity contribution in [1.29, 1.82) is 0 Å². The van der Waals surface area contributed by atoms with Crippen LogP contribution in [0, 0.1) is 11.3 Å². The minimum absolute atomic E-state index is 0.00255. The van der Waals surface area contributed by atoms with Crippen LogP contribution in [0.1, 0.15) is 110 Å². The molecule has 6 rings (SSSR count). The van der Waals surface area contributed by atoms with Crippen LogP contribution in [0.15, 0.2) is 18.3 Å². The van der Waals surface area contributed by atoms with E-state index < -0.39 is 29.5 Å². The summed E-state index contributed by atoms with van der Waals surface area (Å²) in [4.78, 5) is 9.41. The van der Waals surface area contributed by atoms with Gasteiger partial charge in [0.2, 0.25) is 0 Å². The molecule has 0 radical (unpaired) electrons. The first-order valence-corrected chi connectivity index (χ1v) is 13.1. The number of fused-ring (bicyclic) bond motifs is 4. The SMILES string of the molecule is CC(C)c1nc2c(c3c1C(c1ccc(C(F)(F)F)cn1)OC31CCOCC1C)C(O)CC1(CCC1)C2. The smallest absolute Gasteiger partial charge is 0.388 e. The van der Waals surface area contributed by atoms with E-state index in [9.17, 15) is 18.3 Å². The second kappa shape index (κ2) is 8.23. The van der Waals surface area contributed by atoms with E-state index in [0.717, 1.165) is 66.0 Å². The number of hydrogen-bond acceptors (Lipinski definition) is 5. The van der Waals surface area contributed by atoms with Gasteiger partial charge in [0.1, 0.15) is 11.7 Å². The average Bonchev–Trinajstić information content (AvgIpc) is 3.14. The van der Waals surface area contributed by atoms with Gasteiger partial charge in [-0.3, -0.25) is 9.97 Å².